The van der Waals surface area contributed by atoms with Crippen LogP contribution in [0.15, 0.2) is 59.8 Å². The van der Waals surface area contributed by atoms with Crippen LogP contribution >= 0.6 is 11.8 Å². The summed E-state index contributed by atoms with van der Waals surface area (Å²) in [6, 6.07) is 17.1. The summed E-state index contributed by atoms with van der Waals surface area (Å²) in [4.78, 5) is 19.3. The number of carbonyl (C=O) groups excluding carboxylic acids is 1. The number of sulfonamides is 1. The van der Waals surface area contributed by atoms with Crippen LogP contribution in [-0.4, -0.2) is 78.7 Å². The molecule has 4 rings (SSSR count). The molecule has 2 aromatic carbocycles. The second kappa shape index (κ2) is 10.7. The minimum Gasteiger partial charge on any atom is -0.383 e. The van der Waals surface area contributed by atoms with E-state index < -0.39 is 10.0 Å². The molecule has 176 valence electrons. The molecule has 0 aliphatic carbocycles. The Morgan fingerprint density at radius 1 is 1.03 bits per heavy atom. The molecule has 1 saturated heterocycles. The monoisotopic (exact) mass is 488 g/mol. The van der Waals surface area contributed by atoms with Crippen molar-refractivity contribution >= 4 is 38.7 Å². The number of aromatic nitrogens is 2. The lowest BCUT2D eigenvalue weighted by molar-refractivity contribution is -0.129. The van der Waals surface area contributed by atoms with Crippen LogP contribution in [0.5, 0.6) is 0 Å². The van der Waals surface area contributed by atoms with E-state index in [-0.39, 0.29) is 17.4 Å². The Kier molecular flexibility index (Phi) is 7.69. The molecule has 0 saturated carbocycles. The maximum atomic E-state index is 12.8. The van der Waals surface area contributed by atoms with E-state index >= 15 is 0 Å². The van der Waals surface area contributed by atoms with Gasteiger partial charge in [0.05, 0.1) is 29.1 Å². The molecular weight excluding hydrogens is 460 g/mol. The third kappa shape index (κ3) is 5.75. The number of methoxy groups -OCH3 is 1. The number of piperazine rings is 1. The average Bonchev–Trinajstić information content (AvgIpc) is 3.19. The van der Waals surface area contributed by atoms with Gasteiger partial charge >= 0.3 is 0 Å². The fourth-order valence-electron chi connectivity index (χ4n) is 3.87. The van der Waals surface area contributed by atoms with Gasteiger partial charge in [0.15, 0.2) is 5.16 Å². The van der Waals surface area contributed by atoms with E-state index in [0.717, 1.165) is 21.8 Å². The SMILES string of the molecule is COCCn1c(SCC(=O)N2CCN(S(=O)(=O)Cc3ccccc3)CC2)nc2ccccc21. The summed E-state index contributed by atoms with van der Waals surface area (Å²) < 4.78 is 34.3. The Labute approximate surface area is 198 Å². The molecule has 0 atom stereocenters. The molecule has 0 bridgehead atoms. The van der Waals surface area contributed by atoms with Gasteiger partial charge in [0.1, 0.15) is 0 Å². The number of para-hydroxylation sites is 2. The minimum atomic E-state index is -3.41. The van der Waals surface area contributed by atoms with Crippen molar-refractivity contribution in [3.8, 4) is 0 Å². The highest BCUT2D eigenvalue weighted by Gasteiger charge is 2.29. The van der Waals surface area contributed by atoms with E-state index in [2.05, 4.69) is 9.55 Å². The molecule has 3 aromatic rings. The maximum absolute atomic E-state index is 12.8. The number of rotatable bonds is 9. The number of nitrogens with zero attached hydrogens (tertiary/aromatic N) is 4. The summed E-state index contributed by atoms with van der Waals surface area (Å²) >= 11 is 1.41. The third-order valence-electron chi connectivity index (χ3n) is 5.64. The van der Waals surface area contributed by atoms with E-state index in [9.17, 15) is 13.2 Å². The fraction of sp³-hybridized carbons (Fsp3) is 0.391. The summed E-state index contributed by atoms with van der Waals surface area (Å²) in [7, 11) is -1.74. The highest BCUT2D eigenvalue weighted by atomic mass is 32.2. The number of fused-ring (bicyclic) bond motifs is 1. The maximum Gasteiger partial charge on any atom is 0.233 e. The van der Waals surface area contributed by atoms with Crippen molar-refractivity contribution in [3.05, 3.63) is 60.2 Å². The molecule has 33 heavy (non-hydrogen) atoms. The van der Waals surface area contributed by atoms with Gasteiger partial charge in [-0.15, -0.1) is 0 Å². The number of hydrogen-bond acceptors (Lipinski definition) is 6. The van der Waals surface area contributed by atoms with Crippen LogP contribution in [0, 0.1) is 0 Å². The predicted octanol–water partition coefficient (Wildman–Crippen LogP) is 2.45. The predicted molar refractivity (Wildman–Crippen MR) is 130 cm³/mol. The summed E-state index contributed by atoms with van der Waals surface area (Å²) in [5, 5.41) is 0.783. The van der Waals surface area contributed by atoms with E-state index in [1.54, 1.807) is 12.0 Å². The van der Waals surface area contributed by atoms with Crippen molar-refractivity contribution in [1.29, 1.82) is 0 Å². The first kappa shape index (κ1) is 23.7. The Morgan fingerprint density at radius 2 is 1.73 bits per heavy atom. The summed E-state index contributed by atoms with van der Waals surface area (Å²) in [6.07, 6.45) is 0. The van der Waals surface area contributed by atoms with Crippen molar-refractivity contribution in [1.82, 2.24) is 18.8 Å². The summed E-state index contributed by atoms with van der Waals surface area (Å²) in [5.74, 6) is 0.230. The number of amides is 1. The molecule has 0 N–H and O–H groups in total. The first-order valence-corrected chi connectivity index (χ1v) is 13.4. The summed E-state index contributed by atoms with van der Waals surface area (Å²) in [5.41, 5.74) is 2.67. The molecule has 1 amide bonds. The van der Waals surface area contributed by atoms with Gasteiger partial charge in [0, 0.05) is 39.8 Å². The first-order chi connectivity index (χ1) is 16.0. The van der Waals surface area contributed by atoms with Crippen molar-refractivity contribution < 1.29 is 17.9 Å². The number of ether oxygens (including phenoxy) is 1. The van der Waals surface area contributed by atoms with Gasteiger partial charge in [0.25, 0.3) is 0 Å². The Hall–Kier alpha value is -2.40. The van der Waals surface area contributed by atoms with Gasteiger partial charge in [0.2, 0.25) is 15.9 Å². The molecule has 2 heterocycles. The molecule has 1 aromatic heterocycles. The number of hydrogen-bond donors (Lipinski definition) is 0. The van der Waals surface area contributed by atoms with Gasteiger partial charge in [-0.05, 0) is 17.7 Å². The zero-order valence-electron chi connectivity index (χ0n) is 18.6. The van der Waals surface area contributed by atoms with Crippen molar-refractivity contribution in [2.75, 3.05) is 45.6 Å². The zero-order chi connectivity index (χ0) is 23.3. The largest absolute Gasteiger partial charge is 0.383 e. The highest BCUT2D eigenvalue weighted by Crippen LogP contribution is 2.24. The molecular formula is C23H28N4O4S2. The molecule has 0 radical (unpaired) electrons. The molecule has 1 fully saturated rings. The van der Waals surface area contributed by atoms with Gasteiger partial charge in [-0.25, -0.2) is 13.4 Å². The quantitative estimate of drug-likeness (QED) is 0.430. The van der Waals surface area contributed by atoms with Crippen LogP contribution in [0.25, 0.3) is 11.0 Å². The van der Waals surface area contributed by atoms with Crippen LogP contribution in [-0.2, 0) is 31.9 Å². The number of imidazole rings is 1. The van der Waals surface area contributed by atoms with Crippen LogP contribution in [0.4, 0.5) is 0 Å². The average molecular weight is 489 g/mol. The second-order valence-electron chi connectivity index (χ2n) is 7.84. The summed E-state index contributed by atoms with van der Waals surface area (Å²) in [6.45, 7) is 2.64. The third-order valence-corrected chi connectivity index (χ3v) is 8.45. The van der Waals surface area contributed by atoms with Gasteiger partial charge in [-0.3, -0.25) is 4.79 Å². The second-order valence-corrected chi connectivity index (χ2v) is 10.7. The molecule has 1 aliphatic rings. The highest BCUT2D eigenvalue weighted by molar-refractivity contribution is 7.99. The van der Waals surface area contributed by atoms with Crippen molar-refractivity contribution in [3.63, 3.8) is 0 Å². The number of carbonyl (C=O) groups is 1. The first-order valence-electron chi connectivity index (χ1n) is 10.8. The standard InChI is InChI=1S/C23H28N4O4S2/c1-31-16-15-27-21-10-6-5-9-20(21)24-23(27)32-17-22(28)25-11-13-26(14-12-25)33(29,30)18-19-7-3-2-4-8-19/h2-10H,11-18H2,1H3. The van der Waals surface area contributed by atoms with Crippen LogP contribution in [0.3, 0.4) is 0 Å². The Morgan fingerprint density at radius 3 is 2.45 bits per heavy atom. The smallest absolute Gasteiger partial charge is 0.233 e. The Balaban J connectivity index is 1.33. The molecule has 1 aliphatic heterocycles. The molecule has 0 spiro atoms. The van der Waals surface area contributed by atoms with E-state index in [1.165, 1.54) is 16.1 Å². The van der Waals surface area contributed by atoms with E-state index in [1.807, 2.05) is 54.6 Å². The number of benzene rings is 2. The van der Waals surface area contributed by atoms with Crippen LogP contribution in [0.2, 0.25) is 0 Å². The van der Waals surface area contributed by atoms with Gasteiger partial charge in [-0.2, -0.15) is 4.31 Å². The molecule has 8 nitrogen and oxygen atoms in total. The lowest BCUT2D eigenvalue weighted by Gasteiger charge is -2.34. The normalized spacial score (nSPS) is 15.2. The van der Waals surface area contributed by atoms with E-state index in [0.29, 0.717) is 39.3 Å². The van der Waals surface area contributed by atoms with Crippen molar-refractivity contribution in [2.45, 2.75) is 17.5 Å². The van der Waals surface area contributed by atoms with Crippen LogP contribution < -0.4 is 0 Å². The fourth-order valence-corrected chi connectivity index (χ4v) is 6.33. The van der Waals surface area contributed by atoms with Gasteiger partial charge in [-0.1, -0.05) is 54.2 Å². The van der Waals surface area contributed by atoms with Crippen molar-refractivity contribution in [2.24, 2.45) is 0 Å². The topological polar surface area (TPSA) is 84.7 Å². The van der Waals surface area contributed by atoms with Crippen LogP contribution in [0.1, 0.15) is 5.56 Å². The molecule has 10 heteroatoms. The lowest BCUT2D eigenvalue weighted by atomic mass is 10.2. The van der Waals surface area contributed by atoms with E-state index in [4.69, 9.17) is 4.74 Å². The lowest BCUT2D eigenvalue weighted by Crippen LogP contribution is -2.51. The molecule has 0 unspecified atom stereocenters. The number of thioether (sulfide) groups is 1. The Bertz CT molecular complexity index is 1190. The zero-order valence-corrected chi connectivity index (χ0v) is 20.2. The minimum absolute atomic E-state index is 0.00884. The van der Waals surface area contributed by atoms with Gasteiger partial charge < -0.3 is 14.2 Å².